The van der Waals surface area contributed by atoms with Crippen LogP contribution in [0.3, 0.4) is 0 Å². The van der Waals surface area contributed by atoms with Crippen molar-refractivity contribution < 1.29 is 14.4 Å². The van der Waals surface area contributed by atoms with Crippen LogP contribution in [0.1, 0.15) is 57.6 Å². The van der Waals surface area contributed by atoms with E-state index in [1.807, 2.05) is 5.38 Å². The Hall–Kier alpha value is -2.00. The smallest absolute Gasteiger partial charge is 0.323 e. The Morgan fingerprint density at radius 1 is 1.25 bits per heavy atom. The number of imide groups is 1. The second-order valence-electron chi connectivity index (χ2n) is 8.04. The highest BCUT2D eigenvalue weighted by Gasteiger charge is 2.54. The first-order valence-corrected chi connectivity index (χ1v) is 11.0. The first-order chi connectivity index (χ1) is 13.5. The van der Waals surface area contributed by atoms with Crippen LogP contribution >= 0.6 is 11.3 Å². The molecule has 4 amide bonds. The molecule has 1 aliphatic carbocycles. The van der Waals surface area contributed by atoms with Crippen LogP contribution in [0, 0.1) is 0 Å². The SMILES string of the molecule is CC(C(=O)Nc1nc(CN2CCCCC2)cs1)N1C(=O)NC2(CCCC2)C1=O. The average molecular weight is 406 g/mol. The van der Waals surface area contributed by atoms with E-state index in [9.17, 15) is 14.4 Å². The summed E-state index contributed by atoms with van der Waals surface area (Å²) in [4.78, 5) is 45.8. The Morgan fingerprint density at radius 3 is 2.68 bits per heavy atom. The molecule has 3 aliphatic rings. The van der Waals surface area contributed by atoms with Gasteiger partial charge in [0.05, 0.1) is 5.69 Å². The molecule has 1 unspecified atom stereocenters. The van der Waals surface area contributed by atoms with E-state index in [-0.39, 0.29) is 5.91 Å². The van der Waals surface area contributed by atoms with Crippen molar-refractivity contribution in [3.63, 3.8) is 0 Å². The van der Waals surface area contributed by atoms with Gasteiger partial charge >= 0.3 is 6.03 Å². The monoisotopic (exact) mass is 405 g/mol. The van der Waals surface area contributed by atoms with Crippen molar-refractivity contribution in [1.29, 1.82) is 0 Å². The molecule has 8 nitrogen and oxygen atoms in total. The molecule has 28 heavy (non-hydrogen) atoms. The molecule has 1 saturated carbocycles. The average Bonchev–Trinajstić information content (AvgIpc) is 3.38. The van der Waals surface area contributed by atoms with Crippen molar-refractivity contribution in [2.75, 3.05) is 18.4 Å². The standard InChI is InChI=1S/C19H27N5O3S/c1-13(24-16(26)19(22-18(24)27)7-3-4-8-19)15(25)21-17-20-14(12-28-17)11-23-9-5-2-6-10-23/h12-13H,2-11H2,1H3,(H,22,27)(H,20,21,25). The number of anilines is 1. The summed E-state index contributed by atoms with van der Waals surface area (Å²) >= 11 is 1.37. The van der Waals surface area contributed by atoms with Gasteiger partial charge in [0.15, 0.2) is 5.13 Å². The molecule has 2 aliphatic heterocycles. The van der Waals surface area contributed by atoms with Crippen molar-refractivity contribution >= 4 is 34.3 Å². The molecular formula is C19H27N5O3S. The maximum absolute atomic E-state index is 12.8. The van der Waals surface area contributed by atoms with Gasteiger partial charge in [0.2, 0.25) is 5.91 Å². The highest BCUT2D eigenvalue weighted by molar-refractivity contribution is 7.13. The number of carbonyl (C=O) groups excluding carboxylic acids is 3. The Balaban J connectivity index is 1.37. The number of carbonyl (C=O) groups is 3. The fraction of sp³-hybridized carbons (Fsp3) is 0.684. The van der Waals surface area contributed by atoms with E-state index in [4.69, 9.17) is 0 Å². The molecule has 1 atom stereocenters. The highest BCUT2D eigenvalue weighted by Crippen LogP contribution is 2.35. The molecule has 4 rings (SSSR count). The third kappa shape index (κ3) is 3.65. The van der Waals surface area contributed by atoms with Crippen molar-refractivity contribution in [1.82, 2.24) is 20.1 Å². The minimum Gasteiger partial charge on any atom is -0.323 e. The lowest BCUT2D eigenvalue weighted by atomic mass is 9.97. The molecule has 1 aromatic rings. The van der Waals surface area contributed by atoms with Crippen LogP contribution in [0.2, 0.25) is 0 Å². The molecule has 1 spiro atoms. The van der Waals surface area contributed by atoms with Crippen LogP contribution < -0.4 is 10.6 Å². The van der Waals surface area contributed by atoms with E-state index in [1.165, 1.54) is 30.6 Å². The summed E-state index contributed by atoms with van der Waals surface area (Å²) in [6.45, 7) is 4.55. The summed E-state index contributed by atoms with van der Waals surface area (Å²) in [6.07, 6.45) is 6.86. The number of nitrogens with zero attached hydrogens (tertiary/aromatic N) is 3. The Bertz CT molecular complexity index is 767. The maximum Gasteiger partial charge on any atom is 0.325 e. The summed E-state index contributed by atoms with van der Waals surface area (Å²) in [5.74, 6) is -0.667. The topological polar surface area (TPSA) is 94.6 Å². The Morgan fingerprint density at radius 2 is 1.96 bits per heavy atom. The number of amides is 4. The van der Waals surface area contributed by atoms with Crippen LogP contribution in [-0.4, -0.2) is 57.3 Å². The molecule has 0 bridgehead atoms. The van der Waals surface area contributed by atoms with Crippen LogP contribution in [0.4, 0.5) is 9.93 Å². The van der Waals surface area contributed by atoms with Gasteiger partial charge in [-0.3, -0.25) is 14.5 Å². The van der Waals surface area contributed by atoms with E-state index >= 15 is 0 Å². The molecular weight excluding hydrogens is 378 g/mol. The lowest BCUT2D eigenvalue weighted by Gasteiger charge is -2.25. The molecule has 9 heteroatoms. The van der Waals surface area contributed by atoms with Gasteiger partial charge < -0.3 is 10.6 Å². The van der Waals surface area contributed by atoms with Crippen molar-refractivity contribution in [2.24, 2.45) is 0 Å². The van der Waals surface area contributed by atoms with E-state index in [0.717, 1.165) is 43.1 Å². The summed E-state index contributed by atoms with van der Waals surface area (Å²) in [5, 5.41) is 8.05. The van der Waals surface area contributed by atoms with Crippen molar-refractivity contribution in [2.45, 2.75) is 70.0 Å². The van der Waals surface area contributed by atoms with Gasteiger partial charge in [-0.1, -0.05) is 19.3 Å². The third-order valence-electron chi connectivity index (χ3n) is 6.03. The number of thiazole rings is 1. The summed E-state index contributed by atoms with van der Waals surface area (Å²) in [6, 6.07) is -1.35. The minimum absolute atomic E-state index is 0.275. The van der Waals surface area contributed by atoms with Gasteiger partial charge in [-0.25, -0.2) is 14.7 Å². The quantitative estimate of drug-likeness (QED) is 0.733. The second-order valence-corrected chi connectivity index (χ2v) is 8.90. The van der Waals surface area contributed by atoms with Crippen LogP contribution in [0.25, 0.3) is 0 Å². The normalized spacial score (nSPS) is 23.2. The summed E-state index contributed by atoms with van der Waals surface area (Å²) < 4.78 is 0. The number of likely N-dealkylation sites (tertiary alicyclic amines) is 1. The fourth-order valence-electron chi connectivity index (χ4n) is 4.42. The van der Waals surface area contributed by atoms with Crippen molar-refractivity contribution in [3.05, 3.63) is 11.1 Å². The van der Waals surface area contributed by atoms with E-state index < -0.39 is 23.5 Å². The Kier molecular flexibility index (Phi) is 5.37. The molecule has 0 radical (unpaired) electrons. The number of urea groups is 1. The predicted molar refractivity (Wildman–Crippen MR) is 106 cm³/mol. The first kappa shape index (κ1) is 19.3. The molecule has 152 valence electrons. The number of aromatic nitrogens is 1. The number of hydrogen-bond acceptors (Lipinski definition) is 6. The number of nitrogens with one attached hydrogen (secondary N) is 2. The summed E-state index contributed by atoms with van der Waals surface area (Å²) in [5.41, 5.74) is 0.142. The zero-order valence-corrected chi connectivity index (χ0v) is 17.0. The largest absolute Gasteiger partial charge is 0.325 e. The highest BCUT2D eigenvalue weighted by atomic mass is 32.1. The van der Waals surface area contributed by atoms with Gasteiger partial charge in [-0.15, -0.1) is 11.3 Å². The van der Waals surface area contributed by atoms with Crippen LogP contribution in [0.15, 0.2) is 5.38 Å². The van der Waals surface area contributed by atoms with Gasteiger partial charge in [-0.05, 0) is 45.7 Å². The molecule has 0 aromatic carbocycles. The second kappa shape index (κ2) is 7.79. The van der Waals surface area contributed by atoms with Gasteiger partial charge in [0.1, 0.15) is 11.6 Å². The molecule has 1 aromatic heterocycles. The van der Waals surface area contributed by atoms with Crippen LogP contribution in [-0.2, 0) is 16.1 Å². The fourth-order valence-corrected chi connectivity index (χ4v) is 5.13. The maximum atomic E-state index is 12.8. The van der Waals surface area contributed by atoms with Gasteiger partial charge in [0.25, 0.3) is 5.91 Å². The van der Waals surface area contributed by atoms with Gasteiger partial charge in [0, 0.05) is 11.9 Å². The van der Waals surface area contributed by atoms with E-state index in [0.29, 0.717) is 18.0 Å². The van der Waals surface area contributed by atoms with E-state index in [2.05, 4.69) is 20.5 Å². The Labute approximate surface area is 168 Å². The van der Waals surface area contributed by atoms with E-state index in [1.54, 1.807) is 6.92 Å². The van der Waals surface area contributed by atoms with Gasteiger partial charge in [-0.2, -0.15) is 0 Å². The molecule has 2 saturated heterocycles. The predicted octanol–water partition coefficient (Wildman–Crippen LogP) is 2.32. The number of rotatable bonds is 5. The molecule has 3 heterocycles. The van der Waals surface area contributed by atoms with Crippen LogP contribution in [0.5, 0.6) is 0 Å². The van der Waals surface area contributed by atoms with Crippen molar-refractivity contribution in [3.8, 4) is 0 Å². The molecule has 3 fully saturated rings. The lowest BCUT2D eigenvalue weighted by Crippen LogP contribution is -2.48. The zero-order chi connectivity index (χ0) is 19.7. The molecule has 2 N–H and O–H groups in total. The number of hydrogen-bond donors (Lipinski definition) is 2. The zero-order valence-electron chi connectivity index (χ0n) is 16.2. The lowest BCUT2D eigenvalue weighted by molar-refractivity contribution is -0.136. The minimum atomic E-state index is -0.873. The first-order valence-electron chi connectivity index (χ1n) is 10.1. The third-order valence-corrected chi connectivity index (χ3v) is 6.84. The number of piperidine rings is 1. The summed E-state index contributed by atoms with van der Waals surface area (Å²) in [7, 11) is 0.